The van der Waals surface area contributed by atoms with Gasteiger partial charge >= 0.3 is 0 Å². The summed E-state index contributed by atoms with van der Waals surface area (Å²) in [4.78, 5) is 13.3. The van der Waals surface area contributed by atoms with Gasteiger partial charge in [0.1, 0.15) is 29.9 Å². The number of ether oxygens (including phenoxy) is 1. The topological polar surface area (TPSA) is 123 Å². The second-order valence-electron chi connectivity index (χ2n) is 10.2. The first-order valence-corrected chi connectivity index (χ1v) is 15.2. The fourth-order valence-corrected chi connectivity index (χ4v) is 6.05. The molecule has 210 valence electrons. The Balaban J connectivity index is 1.58. The van der Waals surface area contributed by atoms with E-state index in [1.54, 1.807) is 13.2 Å². The maximum Gasteiger partial charge on any atom is 0.237 e. The van der Waals surface area contributed by atoms with Crippen LogP contribution in [0.4, 0.5) is 5.69 Å². The smallest absolute Gasteiger partial charge is 0.237 e. The molecule has 1 aromatic rings. The van der Waals surface area contributed by atoms with Gasteiger partial charge in [0.2, 0.25) is 5.91 Å². The monoisotopic (exact) mass is 557 g/mol. The fourth-order valence-electron chi connectivity index (χ4n) is 5.17. The van der Waals surface area contributed by atoms with Crippen molar-refractivity contribution in [1.82, 2.24) is 10.6 Å². The molecule has 0 radical (unpaired) electrons. The lowest BCUT2D eigenvalue weighted by atomic mass is 9.85. The maximum atomic E-state index is 13.3. The Bertz CT molecular complexity index is 831. The van der Waals surface area contributed by atoms with E-state index < -0.39 is 47.3 Å². The zero-order valence-corrected chi connectivity index (χ0v) is 23.7. The van der Waals surface area contributed by atoms with Crippen LogP contribution in [0, 0.1) is 0 Å². The number of rotatable bonds is 12. The first-order chi connectivity index (χ1) is 17.8. The summed E-state index contributed by atoms with van der Waals surface area (Å²) < 4.78 is 5.87. The molecule has 2 fully saturated rings. The maximum absolute atomic E-state index is 13.3. The van der Waals surface area contributed by atoms with Crippen molar-refractivity contribution in [2.75, 3.05) is 24.7 Å². The second-order valence-corrected chi connectivity index (χ2v) is 11.9. The van der Waals surface area contributed by atoms with Crippen molar-refractivity contribution in [3.63, 3.8) is 0 Å². The molecule has 1 unspecified atom stereocenters. The summed E-state index contributed by atoms with van der Waals surface area (Å²) in [5.74, 6) is 0.0292. The third-order valence-electron chi connectivity index (χ3n) is 7.46. The quantitative estimate of drug-likeness (QED) is 0.171. The summed E-state index contributed by atoms with van der Waals surface area (Å²) in [6.45, 7) is 5.61. The number of nitrogens with one attached hydrogen (secondary N) is 3. The molecule has 0 saturated carbocycles. The number of hydrogen-bond acceptors (Lipinski definition) is 8. The van der Waals surface area contributed by atoms with Gasteiger partial charge in [-0.15, -0.1) is 23.4 Å². The van der Waals surface area contributed by atoms with Gasteiger partial charge in [-0.3, -0.25) is 4.79 Å². The molecule has 0 spiro atoms. The summed E-state index contributed by atoms with van der Waals surface area (Å²) >= 11 is 7.65. The molecular formula is C27H44ClN3O5S. The average Bonchev–Trinajstić information content (AvgIpc) is 2.91. The third kappa shape index (κ3) is 8.21. The summed E-state index contributed by atoms with van der Waals surface area (Å²) in [5.41, 5.74) is 1.59. The van der Waals surface area contributed by atoms with Gasteiger partial charge in [-0.05, 0) is 62.6 Å². The predicted molar refractivity (Wildman–Crippen MR) is 150 cm³/mol. The number of amides is 1. The second kappa shape index (κ2) is 14.9. The van der Waals surface area contributed by atoms with Crippen LogP contribution in [0.3, 0.4) is 0 Å². The highest BCUT2D eigenvalue weighted by Crippen LogP contribution is 2.31. The predicted octanol–water partition coefficient (Wildman–Crippen LogP) is 2.80. The van der Waals surface area contributed by atoms with Crippen LogP contribution in [0.5, 0.6) is 0 Å². The normalized spacial score (nSPS) is 31.9. The van der Waals surface area contributed by atoms with Gasteiger partial charge in [0.05, 0.1) is 17.5 Å². The van der Waals surface area contributed by atoms with Gasteiger partial charge < -0.3 is 36.0 Å². The number of aliphatic hydroxyl groups is 3. The van der Waals surface area contributed by atoms with Crippen molar-refractivity contribution in [3.8, 4) is 0 Å². The molecule has 1 aromatic carbocycles. The molecule has 0 aliphatic carbocycles. The number of carbonyl (C=O) groups excluding carboxylic acids is 1. The number of thioether (sulfide) groups is 1. The van der Waals surface area contributed by atoms with E-state index in [1.165, 1.54) is 43.0 Å². The van der Waals surface area contributed by atoms with Crippen LogP contribution in [-0.2, 0) is 9.53 Å². The minimum Gasteiger partial charge on any atom is -0.388 e. The van der Waals surface area contributed by atoms with Crippen molar-refractivity contribution >= 4 is 35.0 Å². The first-order valence-electron chi connectivity index (χ1n) is 13.5. The SMILES string of the molecule is CCCCCCNc1ccc([C@@H]2CCN[C@H](C(=O)NC([C@H](C)Cl)[C@H]3O[C@H](SC)[C@H](O)[C@@H](O)[C@H]3O)C2)cc1. The van der Waals surface area contributed by atoms with Crippen LogP contribution >= 0.6 is 23.4 Å². The van der Waals surface area contributed by atoms with E-state index in [1.807, 2.05) is 0 Å². The molecule has 2 saturated heterocycles. The number of unbranched alkanes of at least 4 members (excludes halogenated alkanes) is 3. The lowest BCUT2D eigenvalue weighted by Gasteiger charge is -2.44. The molecule has 2 aliphatic heterocycles. The van der Waals surface area contributed by atoms with Gasteiger partial charge in [-0.25, -0.2) is 0 Å². The molecule has 3 rings (SSSR count). The molecule has 6 N–H and O–H groups in total. The summed E-state index contributed by atoms with van der Waals surface area (Å²) in [6.07, 6.45) is 3.29. The summed E-state index contributed by atoms with van der Waals surface area (Å²) in [5, 5.41) is 40.3. The Morgan fingerprint density at radius 2 is 1.89 bits per heavy atom. The Kier molecular flexibility index (Phi) is 12.3. The number of alkyl halides is 1. The highest BCUT2D eigenvalue weighted by molar-refractivity contribution is 7.99. The number of aliphatic hydroxyl groups excluding tert-OH is 3. The van der Waals surface area contributed by atoms with E-state index in [9.17, 15) is 20.1 Å². The summed E-state index contributed by atoms with van der Waals surface area (Å²) in [7, 11) is 0. The van der Waals surface area contributed by atoms with Gasteiger partial charge in [-0.1, -0.05) is 38.3 Å². The van der Waals surface area contributed by atoms with Gasteiger partial charge in [0.25, 0.3) is 0 Å². The number of halogens is 1. The first kappa shape index (κ1) is 30.5. The Morgan fingerprint density at radius 3 is 2.54 bits per heavy atom. The van der Waals surface area contributed by atoms with Crippen LogP contribution in [0.25, 0.3) is 0 Å². The van der Waals surface area contributed by atoms with E-state index in [2.05, 4.69) is 47.1 Å². The minimum atomic E-state index is -1.39. The third-order valence-corrected chi connectivity index (χ3v) is 8.58. The lowest BCUT2D eigenvalue weighted by Crippen LogP contribution is -2.65. The lowest BCUT2D eigenvalue weighted by molar-refractivity contribution is -0.205. The van der Waals surface area contributed by atoms with E-state index in [0.717, 1.165) is 18.7 Å². The molecule has 37 heavy (non-hydrogen) atoms. The minimum absolute atomic E-state index is 0.218. The van der Waals surface area contributed by atoms with Crippen LogP contribution in [0.15, 0.2) is 24.3 Å². The van der Waals surface area contributed by atoms with Crippen LogP contribution in [0.1, 0.15) is 63.9 Å². The Hall–Kier alpha value is -1.07. The number of anilines is 1. The van der Waals surface area contributed by atoms with Gasteiger partial charge in [0.15, 0.2) is 0 Å². The van der Waals surface area contributed by atoms with Crippen molar-refractivity contribution in [3.05, 3.63) is 29.8 Å². The van der Waals surface area contributed by atoms with Gasteiger partial charge in [-0.2, -0.15) is 0 Å². The molecule has 10 heteroatoms. The molecule has 2 aliphatic rings. The molecule has 0 aromatic heterocycles. The Morgan fingerprint density at radius 1 is 1.16 bits per heavy atom. The summed E-state index contributed by atoms with van der Waals surface area (Å²) in [6, 6.07) is 7.35. The van der Waals surface area contributed by atoms with Crippen molar-refractivity contribution < 1.29 is 24.9 Å². The largest absolute Gasteiger partial charge is 0.388 e. The molecule has 8 nitrogen and oxygen atoms in total. The van der Waals surface area contributed by atoms with E-state index in [0.29, 0.717) is 13.0 Å². The molecular weight excluding hydrogens is 514 g/mol. The van der Waals surface area contributed by atoms with Crippen molar-refractivity contribution in [1.29, 1.82) is 0 Å². The fraction of sp³-hybridized carbons (Fsp3) is 0.741. The van der Waals surface area contributed by atoms with Crippen molar-refractivity contribution in [2.45, 2.75) is 106 Å². The number of hydrogen-bond donors (Lipinski definition) is 6. The van der Waals surface area contributed by atoms with Crippen LogP contribution < -0.4 is 16.0 Å². The Labute approximate surface area is 230 Å². The highest BCUT2D eigenvalue weighted by Gasteiger charge is 2.48. The standard InChI is InChI=1S/C27H44ClN3O5S/c1-4-5-6-7-13-29-19-10-8-17(9-11-19)18-12-14-30-20(15-18)26(35)31-21(16(2)28)25-23(33)22(32)24(34)27(36-25)37-3/h8-11,16,18,20-25,27,29-30,32-34H,4-7,12-15H2,1-3H3,(H,31,35)/t16-,18+,20-,21?,22-,23+,24+,25+,27+/m0/s1. The average molecular weight is 558 g/mol. The molecule has 9 atom stereocenters. The number of benzene rings is 1. The van der Waals surface area contributed by atoms with Crippen molar-refractivity contribution in [2.24, 2.45) is 0 Å². The van der Waals surface area contributed by atoms with E-state index in [4.69, 9.17) is 16.3 Å². The van der Waals surface area contributed by atoms with E-state index >= 15 is 0 Å². The van der Waals surface area contributed by atoms with E-state index in [-0.39, 0.29) is 11.8 Å². The highest BCUT2D eigenvalue weighted by atomic mass is 35.5. The molecule has 2 heterocycles. The molecule has 0 bridgehead atoms. The zero-order chi connectivity index (χ0) is 26.9. The van der Waals surface area contributed by atoms with Gasteiger partial charge in [0, 0.05) is 12.2 Å². The van der Waals surface area contributed by atoms with Crippen LogP contribution in [0.2, 0.25) is 0 Å². The number of carbonyl (C=O) groups is 1. The van der Waals surface area contributed by atoms with Crippen LogP contribution in [-0.4, -0.2) is 87.9 Å². The molecule has 1 amide bonds. The number of piperidine rings is 1. The zero-order valence-electron chi connectivity index (χ0n) is 22.1.